The van der Waals surface area contributed by atoms with E-state index in [1.807, 2.05) is 5.38 Å². The zero-order chi connectivity index (χ0) is 13.0. The van der Waals surface area contributed by atoms with Crippen LogP contribution in [-0.4, -0.2) is 22.2 Å². The van der Waals surface area contributed by atoms with Crippen molar-refractivity contribution in [3.8, 4) is 11.6 Å². The summed E-state index contributed by atoms with van der Waals surface area (Å²) in [5.74, 6) is 0.982. The van der Waals surface area contributed by atoms with E-state index < -0.39 is 0 Å². The second-order valence-electron chi connectivity index (χ2n) is 3.80. The van der Waals surface area contributed by atoms with Gasteiger partial charge in [0.1, 0.15) is 16.8 Å². The Hall–Kier alpha value is -1.31. The molecule has 2 N–H and O–H groups in total. The molecule has 0 aromatic carbocycles. The van der Waals surface area contributed by atoms with Gasteiger partial charge in [-0.15, -0.1) is 11.3 Å². The molecule has 0 spiro atoms. The Kier molecular flexibility index (Phi) is 4.40. The van der Waals surface area contributed by atoms with Gasteiger partial charge in [-0.3, -0.25) is 0 Å². The molecule has 0 bridgehead atoms. The van der Waals surface area contributed by atoms with Crippen LogP contribution in [0.15, 0.2) is 9.90 Å². The maximum absolute atomic E-state index is 5.52. The van der Waals surface area contributed by atoms with Crippen molar-refractivity contribution in [2.24, 2.45) is 5.73 Å². The van der Waals surface area contributed by atoms with Gasteiger partial charge in [-0.25, -0.2) is 4.98 Å². The SMILES string of the molecule is CCCC(OC)c1noc(-c2csc(CN)n2)n1. The first kappa shape index (κ1) is 13.1. The predicted molar refractivity (Wildman–Crippen MR) is 68.0 cm³/mol. The molecule has 1 unspecified atom stereocenters. The highest BCUT2D eigenvalue weighted by molar-refractivity contribution is 7.09. The lowest BCUT2D eigenvalue weighted by atomic mass is 10.2. The summed E-state index contributed by atoms with van der Waals surface area (Å²) < 4.78 is 10.5. The predicted octanol–water partition coefficient (Wildman–Crippen LogP) is 2.14. The van der Waals surface area contributed by atoms with Crippen molar-refractivity contribution in [2.45, 2.75) is 32.4 Å². The number of thiazole rings is 1. The summed E-state index contributed by atoms with van der Waals surface area (Å²) in [5, 5.41) is 6.65. The molecule has 0 amide bonds. The van der Waals surface area contributed by atoms with Crippen LogP contribution in [0.1, 0.15) is 36.7 Å². The normalized spacial score (nSPS) is 12.8. The monoisotopic (exact) mass is 268 g/mol. The minimum Gasteiger partial charge on any atom is -0.373 e. The standard InChI is InChI=1S/C11H16N4O2S/c1-3-4-8(16-2)10-14-11(17-15-10)7-6-18-9(5-12)13-7/h6,8H,3-5,12H2,1-2H3. The Balaban J connectivity index is 2.18. The molecule has 1 atom stereocenters. The van der Waals surface area contributed by atoms with Gasteiger partial charge in [-0.05, 0) is 6.42 Å². The van der Waals surface area contributed by atoms with Gasteiger partial charge in [0.25, 0.3) is 5.89 Å². The van der Waals surface area contributed by atoms with Crippen LogP contribution < -0.4 is 5.73 Å². The number of rotatable bonds is 6. The fourth-order valence-electron chi connectivity index (χ4n) is 1.59. The van der Waals surface area contributed by atoms with Gasteiger partial charge in [-0.2, -0.15) is 4.98 Å². The average Bonchev–Trinajstić information content (AvgIpc) is 3.03. The van der Waals surface area contributed by atoms with Crippen LogP contribution in [-0.2, 0) is 11.3 Å². The quantitative estimate of drug-likeness (QED) is 0.863. The summed E-state index contributed by atoms with van der Waals surface area (Å²) in [6.07, 6.45) is 1.73. The van der Waals surface area contributed by atoms with Gasteiger partial charge < -0.3 is 15.0 Å². The van der Waals surface area contributed by atoms with Gasteiger partial charge in [0.05, 0.1) is 0 Å². The molecule has 0 aliphatic heterocycles. The molecule has 2 aromatic rings. The number of methoxy groups -OCH3 is 1. The lowest BCUT2D eigenvalue weighted by molar-refractivity contribution is 0.0854. The van der Waals surface area contributed by atoms with Gasteiger partial charge in [0.2, 0.25) is 5.82 Å². The van der Waals surface area contributed by atoms with Gasteiger partial charge in [0, 0.05) is 19.0 Å². The van der Waals surface area contributed by atoms with Crippen molar-refractivity contribution >= 4 is 11.3 Å². The zero-order valence-electron chi connectivity index (χ0n) is 10.4. The fourth-order valence-corrected chi connectivity index (χ4v) is 2.24. The molecule has 98 valence electrons. The number of hydrogen-bond acceptors (Lipinski definition) is 7. The number of nitrogens with two attached hydrogens (primary N) is 1. The molecule has 2 aromatic heterocycles. The molecule has 6 nitrogen and oxygen atoms in total. The van der Waals surface area contributed by atoms with E-state index in [-0.39, 0.29) is 6.10 Å². The third-order valence-electron chi connectivity index (χ3n) is 2.51. The zero-order valence-corrected chi connectivity index (χ0v) is 11.2. The Morgan fingerprint density at radius 1 is 1.50 bits per heavy atom. The molecule has 2 heterocycles. The van der Waals surface area contributed by atoms with E-state index in [0.717, 1.165) is 17.8 Å². The van der Waals surface area contributed by atoms with Crippen molar-refractivity contribution in [2.75, 3.05) is 7.11 Å². The smallest absolute Gasteiger partial charge is 0.277 e. The van der Waals surface area contributed by atoms with Crippen LogP contribution in [0.2, 0.25) is 0 Å². The molecular formula is C11H16N4O2S. The van der Waals surface area contributed by atoms with E-state index >= 15 is 0 Å². The van der Waals surface area contributed by atoms with Gasteiger partial charge in [0.15, 0.2) is 0 Å². The second kappa shape index (κ2) is 6.03. The Morgan fingerprint density at radius 2 is 2.33 bits per heavy atom. The number of nitrogens with zero attached hydrogens (tertiary/aromatic N) is 3. The highest BCUT2D eigenvalue weighted by Crippen LogP contribution is 2.24. The molecule has 0 radical (unpaired) electrons. The van der Waals surface area contributed by atoms with E-state index in [0.29, 0.717) is 24.0 Å². The maximum atomic E-state index is 5.52. The molecule has 0 aliphatic rings. The molecule has 0 fully saturated rings. The van der Waals surface area contributed by atoms with Crippen LogP contribution in [0.5, 0.6) is 0 Å². The third-order valence-corrected chi connectivity index (χ3v) is 3.38. The highest BCUT2D eigenvalue weighted by Gasteiger charge is 2.19. The van der Waals surface area contributed by atoms with Crippen molar-refractivity contribution in [3.63, 3.8) is 0 Å². The molecule has 7 heteroatoms. The molecule has 0 aliphatic carbocycles. The largest absolute Gasteiger partial charge is 0.373 e. The van der Waals surface area contributed by atoms with E-state index in [4.69, 9.17) is 15.0 Å². The Bertz CT molecular complexity index is 497. The summed E-state index contributed by atoms with van der Waals surface area (Å²) in [4.78, 5) is 8.62. The van der Waals surface area contributed by atoms with Crippen LogP contribution in [0.4, 0.5) is 0 Å². The van der Waals surface area contributed by atoms with Crippen molar-refractivity contribution in [1.82, 2.24) is 15.1 Å². The number of hydrogen-bond donors (Lipinski definition) is 1. The summed E-state index contributed by atoms with van der Waals surface area (Å²) >= 11 is 1.48. The summed E-state index contributed by atoms with van der Waals surface area (Å²) in [7, 11) is 1.64. The van der Waals surface area contributed by atoms with Gasteiger partial charge >= 0.3 is 0 Å². The van der Waals surface area contributed by atoms with E-state index in [1.165, 1.54) is 11.3 Å². The van der Waals surface area contributed by atoms with Crippen LogP contribution in [0, 0.1) is 0 Å². The molecule has 18 heavy (non-hydrogen) atoms. The van der Waals surface area contributed by atoms with Crippen LogP contribution >= 0.6 is 11.3 Å². The maximum Gasteiger partial charge on any atom is 0.277 e. The minimum absolute atomic E-state index is 0.125. The Morgan fingerprint density at radius 3 is 2.94 bits per heavy atom. The summed E-state index contributed by atoms with van der Waals surface area (Å²) in [5.41, 5.74) is 6.19. The first-order chi connectivity index (χ1) is 8.78. The summed E-state index contributed by atoms with van der Waals surface area (Å²) in [6.45, 7) is 2.50. The van der Waals surface area contributed by atoms with Gasteiger partial charge in [-0.1, -0.05) is 18.5 Å². The van der Waals surface area contributed by atoms with Crippen LogP contribution in [0.25, 0.3) is 11.6 Å². The third kappa shape index (κ3) is 2.74. The molecule has 2 rings (SSSR count). The van der Waals surface area contributed by atoms with Crippen molar-refractivity contribution in [3.05, 3.63) is 16.2 Å². The Labute approximate surface area is 109 Å². The topological polar surface area (TPSA) is 87.1 Å². The number of ether oxygens (including phenoxy) is 1. The molecular weight excluding hydrogens is 252 g/mol. The van der Waals surface area contributed by atoms with Crippen LogP contribution in [0.3, 0.4) is 0 Å². The first-order valence-corrected chi connectivity index (χ1v) is 6.67. The summed E-state index contributed by atoms with van der Waals surface area (Å²) in [6, 6.07) is 0. The molecule has 0 saturated heterocycles. The highest BCUT2D eigenvalue weighted by atomic mass is 32.1. The second-order valence-corrected chi connectivity index (χ2v) is 4.74. The van der Waals surface area contributed by atoms with E-state index in [2.05, 4.69) is 22.0 Å². The van der Waals surface area contributed by atoms with E-state index in [1.54, 1.807) is 7.11 Å². The minimum atomic E-state index is -0.125. The number of aromatic nitrogens is 3. The first-order valence-electron chi connectivity index (χ1n) is 5.79. The molecule has 0 saturated carbocycles. The lowest BCUT2D eigenvalue weighted by Crippen LogP contribution is -2.03. The van der Waals surface area contributed by atoms with Crippen molar-refractivity contribution < 1.29 is 9.26 Å². The fraction of sp³-hybridized carbons (Fsp3) is 0.545. The lowest BCUT2D eigenvalue weighted by Gasteiger charge is -2.08. The van der Waals surface area contributed by atoms with E-state index in [9.17, 15) is 0 Å². The average molecular weight is 268 g/mol. The van der Waals surface area contributed by atoms with Crippen molar-refractivity contribution in [1.29, 1.82) is 0 Å².